The van der Waals surface area contributed by atoms with Gasteiger partial charge in [0.15, 0.2) is 0 Å². The van der Waals surface area contributed by atoms with Gasteiger partial charge >= 0.3 is 5.97 Å². The molecular weight excluding hydrogens is 462 g/mol. The van der Waals surface area contributed by atoms with E-state index < -0.39 is 5.97 Å². The third kappa shape index (κ3) is 6.11. The molecular formula is C31H29N3O3. The summed E-state index contributed by atoms with van der Waals surface area (Å²) in [5, 5.41) is 16.2. The monoisotopic (exact) mass is 491 g/mol. The number of nitrogens with one attached hydrogen (secondary N) is 1. The Balaban J connectivity index is 1.62. The minimum Gasteiger partial charge on any atom is -0.481 e. The lowest BCUT2D eigenvalue weighted by molar-refractivity contribution is -0.136. The number of nitrogens with zero attached hydrogens (tertiary/aromatic N) is 2. The summed E-state index contributed by atoms with van der Waals surface area (Å²) >= 11 is 0. The molecule has 0 aliphatic heterocycles. The Hall–Kier alpha value is -4.71. The Morgan fingerprint density at radius 1 is 1.00 bits per heavy atom. The fourth-order valence-corrected chi connectivity index (χ4v) is 4.09. The number of hydrogen-bond donors (Lipinski definition) is 2. The fraction of sp³-hybridized carbons (Fsp3) is 0.129. The number of aromatic nitrogens is 2. The molecule has 186 valence electrons. The van der Waals surface area contributed by atoms with E-state index in [1.54, 1.807) is 18.2 Å². The number of carbonyl (C=O) groups excluding carboxylic acids is 1. The van der Waals surface area contributed by atoms with Crippen LogP contribution in [0.4, 0.5) is 0 Å². The molecule has 0 saturated heterocycles. The third-order valence-electron chi connectivity index (χ3n) is 6.14. The van der Waals surface area contributed by atoms with Crippen LogP contribution in [0.5, 0.6) is 0 Å². The molecule has 1 amide bonds. The highest BCUT2D eigenvalue weighted by atomic mass is 16.4. The van der Waals surface area contributed by atoms with Gasteiger partial charge in [0.1, 0.15) is 0 Å². The smallest absolute Gasteiger partial charge is 0.305 e. The average Bonchev–Trinajstić information content (AvgIpc) is 3.32. The maximum Gasteiger partial charge on any atom is 0.305 e. The molecule has 0 radical (unpaired) electrons. The number of carbonyl (C=O) groups is 2. The standard InChI is InChI=1S/C31H29N3O3/c1-4-21(2)28-19-29(26-10-7-9-25(18-26)27-11-6-5-8-22(27)3)34(33-28)20-23-12-14-24(15-13-23)31(37)32-17-16-30(35)36/h4-15,18-19H,1-2,16-17,20H2,3H3,(H,32,37)(H,35,36). The molecule has 0 unspecified atom stereocenters. The van der Waals surface area contributed by atoms with Gasteiger partial charge in [0.05, 0.1) is 24.4 Å². The van der Waals surface area contributed by atoms with Gasteiger partial charge in [-0.05, 0) is 59.0 Å². The van der Waals surface area contributed by atoms with Crippen molar-refractivity contribution in [2.45, 2.75) is 19.9 Å². The van der Waals surface area contributed by atoms with Crippen molar-refractivity contribution < 1.29 is 14.7 Å². The van der Waals surface area contributed by atoms with Crippen molar-refractivity contribution in [2.24, 2.45) is 0 Å². The zero-order valence-corrected chi connectivity index (χ0v) is 20.8. The number of allylic oxidation sites excluding steroid dienone is 2. The highest BCUT2D eigenvalue weighted by Gasteiger charge is 2.14. The van der Waals surface area contributed by atoms with Crippen LogP contribution in [0.15, 0.2) is 98.1 Å². The van der Waals surface area contributed by atoms with Crippen LogP contribution in [0.25, 0.3) is 28.0 Å². The zero-order valence-electron chi connectivity index (χ0n) is 20.8. The Morgan fingerprint density at radius 3 is 2.43 bits per heavy atom. The number of rotatable bonds is 10. The van der Waals surface area contributed by atoms with Crippen LogP contribution in [-0.2, 0) is 11.3 Å². The van der Waals surface area contributed by atoms with E-state index >= 15 is 0 Å². The number of aryl methyl sites for hydroxylation is 1. The molecule has 4 rings (SSSR count). The number of carboxylic acids is 1. The molecule has 1 heterocycles. The van der Waals surface area contributed by atoms with Gasteiger partial charge < -0.3 is 10.4 Å². The van der Waals surface area contributed by atoms with Crippen LogP contribution < -0.4 is 5.32 Å². The molecule has 37 heavy (non-hydrogen) atoms. The summed E-state index contributed by atoms with van der Waals surface area (Å²) in [4.78, 5) is 22.9. The maximum atomic E-state index is 12.3. The molecule has 0 bridgehead atoms. The van der Waals surface area contributed by atoms with Gasteiger partial charge in [0.2, 0.25) is 0 Å². The Morgan fingerprint density at radius 2 is 1.73 bits per heavy atom. The Kier molecular flexibility index (Phi) is 7.79. The Labute approximate surface area is 216 Å². The van der Waals surface area contributed by atoms with Crippen LogP contribution in [0.1, 0.15) is 33.6 Å². The molecule has 0 spiro atoms. The highest BCUT2D eigenvalue weighted by molar-refractivity contribution is 5.94. The van der Waals surface area contributed by atoms with E-state index in [0.717, 1.165) is 33.7 Å². The molecule has 0 fully saturated rings. The second-order valence-corrected chi connectivity index (χ2v) is 8.79. The minimum absolute atomic E-state index is 0.0874. The second-order valence-electron chi connectivity index (χ2n) is 8.79. The van der Waals surface area contributed by atoms with Crippen molar-refractivity contribution in [1.29, 1.82) is 0 Å². The predicted molar refractivity (Wildman–Crippen MR) is 147 cm³/mol. The number of hydrogen-bond acceptors (Lipinski definition) is 3. The van der Waals surface area contributed by atoms with Crippen LogP contribution >= 0.6 is 0 Å². The number of amides is 1. The first-order chi connectivity index (χ1) is 17.9. The molecule has 6 heteroatoms. The second kappa shape index (κ2) is 11.4. The fourth-order valence-electron chi connectivity index (χ4n) is 4.09. The Bertz CT molecular complexity index is 1470. The van der Waals surface area contributed by atoms with Gasteiger partial charge in [-0.2, -0.15) is 5.10 Å². The number of benzene rings is 3. The predicted octanol–water partition coefficient (Wildman–Crippen LogP) is 5.98. The lowest BCUT2D eigenvalue weighted by Gasteiger charge is -2.11. The van der Waals surface area contributed by atoms with Crippen LogP contribution in [-0.4, -0.2) is 33.3 Å². The molecule has 0 aliphatic carbocycles. The van der Waals surface area contributed by atoms with Crippen molar-refractivity contribution in [3.63, 3.8) is 0 Å². The van der Waals surface area contributed by atoms with Crippen molar-refractivity contribution in [2.75, 3.05) is 6.54 Å². The van der Waals surface area contributed by atoms with E-state index in [9.17, 15) is 9.59 Å². The van der Waals surface area contributed by atoms with Gasteiger partial charge in [0.25, 0.3) is 5.91 Å². The SMILES string of the molecule is C=CC(=C)c1cc(-c2cccc(-c3ccccc3C)c2)n(Cc2ccc(C(=O)NCCC(=O)O)cc2)n1. The summed E-state index contributed by atoms with van der Waals surface area (Å²) in [6, 6.07) is 25.9. The lowest BCUT2D eigenvalue weighted by Crippen LogP contribution is -2.25. The summed E-state index contributed by atoms with van der Waals surface area (Å²) in [5.74, 6) is -1.25. The van der Waals surface area contributed by atoms with Crippen LogP contribution in [0.2, 0.25) is 0 Å². The van der Waals surface area contributed by atoms with Crippen LogP contribution in [0, 0.1) is 6.92 Å². The molecule has 6 nitrogen and oxygen atoms in total. The first kappa shape index (κ1) is 25.4. The lowest BCUT2D eigenvalue weighted by atomic mass is 9.98. The van der Waals surface area contributed by atoms with E-state index in [1.807, 2.05) is 41.1 Å². The van der Waals surface area contributed by atoms with Gasteiger partial charge in [0, 0.05) is 17.7 Å². The normalized spacial score (nSPS) is 10.6. The van der Waals surface area contributed by atoms with Crippen LogP contribution in [0.3, 0.4) is 0 Å². The molecule has 3 aromatic carbocycles. The van der Waals surface area contributed by atoms with Crippen molar-refractivity contribution in [3.8, 4) is 22.4 Å². The highest BCUT2D eigenvalue weighted by Crippen LogP contribution is 2.30. The van der Waals surface area contributed by atoms with Gasteiger partial charge in [-0.15, -0.1) is 0 Å². The maximum absolute atomic E-state index is 12.3. The largest absolute Gasteiger partial charge is 0.481 e. The van der Waals surface area contributed by atoms with Crippen molar-refractivity contribution in [1.82, 2.24) is 15.1 Å². The first-order valence-electron chi connectivity index (χ1n) is 12.0. The molecule has 2 N–H and O–H groups in total. The molecule has 1 aromatic heterocycles. The number of aliphatic carboxylic acids is 1. The first-order valence-corrected chi connectivity index (χ1v) is 12.0. The van der Waals surface area contributed by atoms with Crippen molar-refractivity contribution >= 4 is 17.4 Å². The number of carboxylic acid groups (broad SMARTS) is 1. The van der Waals surface area contributed by atoms with E-state index in [4.69, 9.17) is 10.2 Å². The van der Waals surface area contributed by atoms with E-state index in [1.165, 1.54) is 11.1 Å². The van der Waals surface area contributed by atoms with Crippen molar-refractivity contribution in [3.05, 3.63) is 120 Å². The summed E-state index contributed by atoms with van der Waals surface area (Å²) < 4.78 is 1.93. The van der Waals surface area contributed by atoms with Gasteiger partial charge in [-0.25, -0.2) is 0 Å². The van der Waals surface area contributed by atoms with E-state index in [-0.39, 0.29) is 18.9 Å². The quantitative estimate of drug-likeness (QED) is 0.267. The summed E-state index contributed by atoms with van der Waals surface area (Å²) in [7, 11) is 0. The topological polar surface area (TPSA) is 84.2 Å². The van der Waals surface area contributed by atoms with Gasteiger partial charge in [-0.1, -0.05) is 73.8 Å². The third-order valence-corrected chi connectivity index (χ3v) is 6.14. The minimum atomic E-state index is -0.950. The van der Waals surface area contributed by atoms with E-state index in [2.05, 4.69) is 55.7 Å². The zero-order chi connectivity index (χ0) is 26.4. The molecule has 0 saturated carbocycles. The molecule has 4 aromatic rings. The summed E-state index contributed by atoms with van der Waals surface area (Å²) in [6.45, 7) is 10.6. The van der Waals surface area contributed by atoms with E-state index in [0.29, 0.717) is 12.1 Å². The molecule has 0 aliphatic rings. The van der Waals surface area contributed by atoms with Gasteiger partial charge in [-0.3, -0.25) is 14.3 Å². The summed E-state index contributed by atoms with van der Waals surface area (Å²) in [5.41, 5.74) is 8.44. The molecule has 0 atom stereocenters. The summed E-state index contributed by atoms with van der Waals surface area (Å²) in [6.07, 6.45) is 1.58. The average molecular weight is 492 g/mol.